The summed E-state index contributed by atoms with van der Waals surface area (Å²) in [6.45, 7) is 0.160. The predicted molar refractivity (Wildman–Crippen MR) is 116 cm³/mol. The van der Waals surface area contributed by atoms with Crippen LogP contribution in [0.4, 0.5) is 0 Å². The molecule has 0 unspecified atom stereocenters. The van der Waals surface area contributed by atoms with Crippen LogP contribution in [0.3, 0.4) is 0 Å². The smallest absolute Gasteiger partial charge is 0.345 e. The third-order valence-corrected chi connectivity index (χ3v) is 4.93. The number of benzene rings is 2. The third kappa shape index (κ3) is 4.84. The summed E-state index contributed by atoms with van der Waals surface area (Å²) in [5, 5.41) is 2.77. The minimum absolute atomic E-state index is 0.0220. The molecule has 0 spiro atoms. The average Bonchev–Trinajstić information content (AvgIpc) is 2.72. The molecule has 0 fully saturated rings. The number of aromatic nitrogens is 1. The van der Waals surface area contributed by atoms with Gasteiger partial charge < -0.3 is 14.6 Å². The maximum Gasteiger partial charge on any atom is 0.345 e. The first-order valence-corrected chi connectivity index (χ1v) is 9.80. The molecule has 0 saturated carbocycles. The fourth-order valence-corrected chi connectivity index (χ4v) is 3.61. The van der Waals surface area contributed by atoms with Crippen LogP contribution in [0.5, 0.6) is 5.75 Å². The summed E-state index contributed by atoms with van der Waals surface area (Å²) in [6.07, 6.45) is 1.32. The molecule has 0 aliphatic heterocycles. The van der Waals surface area contributed by atoms with Crippen molar-refractivity contribution in [1.29, 1.82) is 0 Å². The third-order valence-electron chi connectivity index (χ3n) is 4.15. The molecule has 1 heterocycles. The Balaban J connectivity index is 2.03. The quantitative estimate of drug-likeness (QED) is 0.446. The molecule has 3 rings (SSSR count). The van der Waals surface area contributed by atoms with E-state index in [1.165, 1.54) is 36.0 Å². The van der Waals surface area contributed by atoms with Gasteiger partial charge >= 0.3 is 5.97 Å². The fourth-order valence-electron chi connectivity index (χ4n) is 2.72. The second-order valence-electron chi connectivity index (χ2n) is 6.23. The molecule has 1 N–H and O–H groups in total. The highest BCUT2D eigenvalue weighted by Crippen LogP contribution is 2.36. The van der Waals surface area contributed by atoms with Gasteiger partial charge in [0.25, 0.3) is 11.5 Å². The summed E-state index contributed by atoms with van der Waals surface area (Å²) in [5.41, 5.74) is 0.0523. The molecule has 154 valence electrons. The van der Waals surface area contributed by atoms with Gasteiger partial charge in [-0.3, -0.25) is 9.59 Å². The Hall–Kier alpha value is -2.80. The van der Waals surface area contributed by atoms with Gasteiger partial charge in [-0.1, -0.05) is 65.1 Å². The van der Waals surface area contributed by atoms with Crippen LogP contribution in [0.1, 0.15) is 26.3 Å². The van der Waals surface area contributed by atoms with Gasteiger partial charge in [0.1, 0.15) is 5.56 Å². The molecule has 0 aliphatic carbocycles. The van der Waals surface area contributed by atoms with Crippen molar-refractivity contribution in [2.24, 2.45) is 0 Å². The van der Waals surface area contributed by atoms with Crippen molar-refractivity contribution in [2.75, 3.05) is 7.05 Å². The van der Waals surface area contributed by atoms with E-state index in [0.29, 0.717) is 0 Å². The Bertz CT molecular complexity index is 1150. The van der Waals surface area contributed by atoms with E-state index in [9.17, 15) is 14.4 Å². The van der Waals surface area contributed by atoms with E-state index in [2.05, 4.69) is 5.32 Å². The molecule has 0 atom stereocenters. The predicted octanol–water partition coefficient (Wildman–Crippen LogP) is 4.44. The molecule has 0 aliphatic rings. The molecule has 0 radical (unpaired) electrons. The average molecular weight is 466 g/mol. The number of nitrogens with zero attached hydrogens (tertiary/aromatic N) is 1. The van der Waals surface area contributed by atoms with Crippen LogP contribution in [0.25, 0.3) is 0 Å². The molecule has 0 bridgehead atoms. The lowest BCUT2D eigenvalue weighted by Crippen LogP contribution is -2.32. The number of carbonyl (C=O) groups is 2. The van der Waals surface area contributed by atoms with Gasteiger partial charge in [-0.15, -0.1) is 0 Å². The zero-order valence-electron chi connectivity index (χ0n) is 15.6. The number of esters is 1. The summed E-state index contributed by atoms with van der Waals surface area (Å²) < 4.78 is 6.59. The highest BCUT2D eigenvalue weighted by atomic mass is 35.5. The van der Waals surface area contributed by atoms with Gasteiger partial charge in [0.15, 0.2) is 5.75 Å². The zero-order valence-corrected chi connectivity index (χ0v) is 17.9. The maximum absolute atomic E-state index is 12.8. The van der Waals surface area contributed by atoms with E-state index in [-0.39, 0.29) is 38.5 Å². The number of carbonyl (C=O) groups excluding carboxylic acids is 2. The molecular weight excluding hydrogens is 451 g/mol. The highest BCUT2D eigenvalue weighted by molar-refractivity contribution is 6.40. The van der Waals surface area contributed by atoms with Crippen LogP contribution in [0, 0.1) is 0 Å². The minimum atomic E-state index is -0.840. The molecule has 1 aromatic heterocycles. The zero-order chi connectivity index (χ0) is 21.8. The first-order valence-electron chi connectivity index (χ1n) is 8.67. The number of rotatable bonds is 5. The first-order chi connectivity index (χ1) is 14.3. The van der Waals surface area contributed by atoms with Crippen LogP contribution in [0.2, 0.25) is 15.1 Å². The first kappa shape index (κ1) is 21.9. The van der Waals surface area contributed by atoms with E-state index in [4.69, 9.17) is 39.5 Å². The largest absolute Gasteiger partial charge is 0.420 e. The number of ether oxygens (including phenoxy) is 1. The molecule has 6 nitrogen and oxygen atoms in total. The second-order valence-corrected chi connectivity index (χ2v) is 7.48. The van der Waals surface area contributed by atoms with E-state index in [0.717, 1.165) is 5.56 Å². The number of amides is 1. The number of hydrogen-bond donors (Lipinski definition) is 1. The van der Waals surface area contributed by atoms with E-state index >= 15 is 0 Å². The molecule has 9 heteroatoms. The Morgan fingerprint density at radius 1 is 1.03 bits per heavy atom. The normalized spacial score (nSPS) is 10.5. The number of halogens is 3. The van der Waals surface area contributed by atoms with Crippen molar-refractivity contribution in [1.82, 2.24) is 9.88 Å². The number of pyridine rings is 1. The van der Waals surface area contributed by atoms with Crippen molar-refractivity contribution < 1.29 is 14.3 Å². The van der Waals surface area contributed by atoms with Gasteiger partial charge in [0, 0.05) is 18.3 Å². The van der Waals surface area contributed by atoms with Gasteiger partial charge in [0.2, 0.25) is 0 Å². The van der Waals surface area contributed by atoms with Gasteiger partial charge in [-0.2, -0.15) is 0 Å². The Labute approximate surface area is 186 Å². The summed E-state index contributed by atoms with van der Waals surface area (Å²) >= 11 is 18.0. The summed E-state index contributed by atoms with van der Waals surface area (Å²) in [6, 6.07) is 13.1. The Kier molecular flexibility index (Phi) is 6.82. The lowest BCUT2D eigenvalue weighted by Gasteiger charge is -2.12. The maximum atomic E-state index is 12.8. The fraction of sp³-hybridized carbons (Fsp3) is 0.0952. The number of hydrogen-bond acceptors (Lipinski definition) is 4. The minimum Gasteiger partial charge on any atom is -0.420 e. The van der Waals surface area contributed by atoms with Crippen molar-refractivity contribution in [3.05, 3.63) is 96.8 Å². The summed E-state index contributed by atoms with van der Waals surface area (Å²) in [7, 11) is 1.39. The van der Waals surface area contributed by atoms with E-state index in [1.54, 1.807) is 0 Å². The number of nitrogens with one attached hydrogen (secondary N) is 1. The standard InChI is InChI=1S/C21H15Cl3N2O4/c1-25-19(27)15-7-13(11-26(20(15)28)10-12-5-3-2-4-6-12)21(29)30-18-16(23)8-14(22)9-17(18)24/h2-9,11H,10H2,1H3,(H,25,27). The van der Waals surface area contributed by atoms with Crippen LogP contribution in [-0.2, 0) is 6.54 Å². The summed E-state index contributed by atoms with van der Waals surface area (Å²) in [5.74, 6) is -1.54. The van der Waals surface area contributed by atoms with Crippen molar-refractivity contribution in [3.63, 3.8) is 0 Å². The van der Waals surface area contributed by atoms with E-state index in [1.807, 2.05) is 30.3 Å². The molecule has 0 saturated heterocycles. The van der Waals surface area contributed by atoms with Gasteiger partial charge in [-0.25, -0.2) is 4.79 Å². The molecule has 3 aromatic rings. The van der Waals surface area contributed by atoms with Crippen molar-refractivity contribution in [3.8, 4) is 5.75 Å². The van der Waals surface area contributed by atoms with Gasteiger partial charge in [-0.05, 0) is 23.8 Å². The second kappa shape index (κ2) is 9.34. The molecule has 1 amide bonds. The van der Waals surface area contributed by atoms with Crippen LogP contribution >= 0.6 is 34.8 Å². The summed E-state index contributed by atoms with van der Waals surface area (Å²) in [4.78, 5) is 37.7. The van der Waals surface area contributed by atoms with Gasteiger partial charge in [0.05, 0.1) is 22.2 Å². The van der Waals surface area contributed by atoms with Crippen molar-refractivity contribution in [2.45, 2.75) is 6.54 Å². The lowest BCUT2D eigenvalue weighted by atomic mass is 10.1. The molecular formula is C21H15Cl3N2O4. The van der Waals surface area contributed by atoms with Crippen LogP contribution in [-0.4, -0.2) is 23.5 Å². The molecule has 30 heavy (non-hydrogen) atoms. The topological polar surface area (TPSA) is 77.4 Å². The Morgan fingerprint density at radius 3 is 2.27 bits per heavy atom. The van der Waals surface area contributed by atoms with Crippen LogP contribution in [0.15, 0.2) is 59.5 Å². The lowest BCUT2D eigenvalue weighted by molar-refractivity contribution is 0.0734. The SMILES string of the molecule is CNC(=O)c1cc(C(=O)Oc2c(Cl)cc(Cl)cc2Cl)cn(Cc2ccccc2)c1=O. The monoisotopic (exact) mass is 464 g/mol. The van der Waals surface area contributed by atoms with Crippen LogP contribution < -0.4 is 15.6 Å². The van der Waals surface area contributed by atoms with E-state index < -0.39 is 17.4 Å². The molecule has 2 aromatic carbocycles. The highest BCUT2D eigenvalue weighted by Gasteiger charge is 2.20. The Morgan fingerprint density at radius 2 is 1.67 bits per heavy atom. The van der Waals surface area contributed by atoms with Crippen molar-refractivity contribution >= 4 is 46.7 Å².